The van der Waals surface area contributed by atoms with Gasteiger partial charge in [-0.05, 0) is 6.42 Å². The maximum absolute atomic E-state index is 5.47. The number of methoxy groups -OCH3 is 2. The Kier molecular flexibility index (Phi) is 8.84. The summed E-state index contributed by atoms with van der Waals surface area (Å²) in [7, 11) is 3.81. The lowest BCUT2D eigenvalue weighted by Gasteiger charge is -2.35. The number of hydrogen-bond donors (Lipinski definition) is 0. The molecule has 0 amide bonds. The SMILES string of the molecule is C=CC(CCCCCC)C(OC)(OC)O[SiH3]. The van der Waals surface area contributed by atoms with Crippen LogP contribution in [0.1, 0.15) is 39.0 Å². The molecule has 0 aliphatic carbocycles. The smallest absolute Gasteiger partial charge is 0.278 e. The second-order valence-electron chi connectivity index (χ2n) is 3.91. The van der Waals surface area contributed by atoms with Crippen molar-refractivity contribution in [1.29, 1.82) is 0 Å². The normalized spacial score (nSPS) is 13.9. The van der Waals surface area contributed by atoms with Gasteiger partial charge in [-0.1, -0.05) is 38.7 Å². The van der Waals surface area contributed by atoms with Crippen LogP contribution in [0.3, 0.4) is 0 Å². The largest absolute Gasteiger partial charge is 0.380 e. The Morgan fingerprint density at radius 3 is 2.25 bits per heavy atom. The van der Waals surface area contributed by atoms with E-state index in [-0.39, 0.29) is 5.92 Å². The van der Waals surface area contributed by atoms with Crippen LogP contribution in [0.15, 0.2) is 12.7 Å². The highest BCUT2D eigenvalue weighted by Crippen LogP contribution is 2.29. The second kappa shape index (κ2) is 8.93. The quantitative estimate of drug-likeness (QED) is 0.255. The van der Waals surface area contributed by atoms with Gasteiger partial charge in [0.1, 0.15) is 0 Å². The molecule has 3 nitrogen and oxygen atoms in total. The fraction of sp³-hybridized carbons (Fsp3) is 0.833. The molecule has 0 saturated carbocycles. The summed E-state index contributed by atoms with van der Waals surface area (Å²) in [5, 5.41) is 0. The third-order valence-corrected chi connectivity index (χ3v) is 3.53. The monoisotopic (exact) mass is 246 g/mol. The first-order chi connectivity index (χ1) is 7.70. The lowest BCUT2D eigenvalue weighted by molar-refractivity contribution is -0.343. The molecule has 0 bridgehead atoms. The topological polar surface area (TPSA) is 27.7 Å². The summed E-state index contributed by atoms with van der Waals surface area (Å²) in [6.45, 7) is 6.05. The van der Waals surface area contributed by atoms with Gasteiger partial charge < -0.3 is 13.9 Å². The van der Waals surface area contributed by atoms with Crippen LogP contribution in [0.2, 0.25) is 0 Å². The molecule has 0 N–H and O–H groups in total. The van der Waals surface area contributed by atoms with Crippen molar-refractivity contribution in [3.63, 3.8) is 0 Å². The third-order valence-electron chi connectivity index (χ3n) is 2.96. The summed E-state index contributed by atoms with van der Waals surface area (Å²) < 4.78 is 16.2. The van der Waals surface area contributed by atoms with Crippen molar-refractivity contribution in [2.75, 3.05) is 14.2 Å². The molecule has 0 rings (SSSR count). The highest BCUT2D eigenvalue weighted by molar-refractivity contribution is 5.98. The standard InChI is InChI=1S/C12H26O3Si/c1-5-7-8-9-10-11(6-2)12(13-3,14-4)15-16/h6,11H,2,5,7-10H2,1,3-4,16H3. The number of unbranched alkanes of at least 4 members (excludes halogenated alkanes) is 3. The van der Waals surface area contributed by atoms with Crippen molar-refractivity contribution < 1.29 is 13.9 Å². The van der Waals surface area contributed by atoms with E-state index in [0.29, 0.717) is 10.5 Å². The van der Waals surface area contributed by atoms with Gasteiger partial charge >= 0.3 is 0 Å². The van der Waals surface area contributed by atoms with Gasteiger partial charge in [0.05, 0.1) is 5.92 Å². The lowest BCUT2D eigenvalue weighted by Crippen LogP contribution is -2.43. The third kappa shape index (κ3) is 4.37. The van der Waals surface area contributed by atoms with Crippen LogP contribution in [-0.2, 0) is 13.9 Å². The van der Waals surface area contributed by atoms with Crippen LogP contribution in [0.25, 0.3) is 0 Å². The zero-order valence-electron chi connectivity index (χ0n) is 11.1. The van der Waals surface area contributed by atoms with E-state index in [1.807, 2.05) is 6.08 Å². The summed E-state index contributed by atoms with van der Waals surface area (Å²) in [5.74, 6) is -0.822. The fourth-order valence-electron chi connectivity index (χ4n) is 1.93. The van der Waals surface area contributed by atoms with Crippen LogP contribution < -0.4 is 0 Å². The molecular weight excluding hydrogens is 220 g/mol. The molecule has 0 aromatic heterocycles. The average molecular weight is 246 g/mol. The predicted molar refractivity (Wildman–Crippen MR) is 70.2 cm³/mol. The van der Waals surface area contributed by atoms with E-state index < -0.39 is 5.97 Å². The van der Waals surface area contributed by atoms with Crippen LogP contribution in [0, 0.1) is 5.92 Å². The summed E-state index contributed by atoms with van der Waals surface area (Å²) in [4.78, 5) is 0. The van der Waals surface area contributed by atoms with Gasteiger partial charge in [-0.15, -0.1) is 6.58 Å². The van der Waals surface area contributed by atoms with E-state index >= 15 is 0 Å². The van der Waals surface area contributed by atoms with Crippen molar-refractivity contribution in [1.82, 2.24) is 0 Å². The van der Waals surface area contributed by atoms with E-state index in [1.54, 1.807) is 14.2 Å². The Labute approximate surface area is 103 Å². The molecule has 0 heterocycles. The Balaban J connectivity index is 4.27. The van der Waals surface area contributed by atoms with E-state index in [9.17, 15) is 0 Å². The van der Waals surface area contributed by atoms with Crippen LogP contribution in [0.4, 0.5) is 0 Å². The number of ether oxygens (including phenoxy) is 2. The maximum atomic E-state index is 5.47. The van der Waals surface area contributed by atoms with Crippen molar-refractivity contribution in [3.8, 4) is 0 Å². The van der Waals surface area contributed by atoms with Gasteiger partial charge in [0.2, 0.25) is 0 Å². The molecule has 0 spiro atoms. The Hall–Kier alpha value is -0.163. The minimum atomic E-state index is -0.916. The summed E-state index contributed by atoms with van der Waals surface area (Å²) in [6, 6.07) is 0. The van der Waals surface area contributed by atoms with E-state index in [4.69, 9.17) is 13.9 Å². The van der Waals surface area contributed by atoms with E-state index in [1.165, 1.54) is 19.3 Å². The van der Waals surface area contributed by atoms with Crippen molar-refractivity contribution >= 4 is 10.5 Å². The van der Waals surface area contributed by atoms with E-state index in [2.05, 4.69) is 13.5 Å². The predicted octanol–water partition coefficient (Wildman–Crippen LogP) is 2.00. The molecule has 0 aliphatic heterocycles. The fourth-order valence-corrected chi connectivity index (χ4v) is 2.57. The minimum absolute atomic E-state index is 0.0943. The molecule has 0 aromatic carbocycles. The molecule has 0 fully saturated rings. The molecule has 0 radical (unpaired) electrons. The first-order valence-corrected chi connectivity index (χ1v) is 6.80. The van der Waals surface area contributed by atoms with Gasteiger partial charge in [0.15, 0.2) is 10.5 Å². The van der Waals surface area contributed by atoms with Gasteiger partial charge in [-0.3, -0.25) is 0 Å². The summed E-state index contributed by atoms with van der Waals surface area (Å²) >= 11 is 0. The van der Waals surface area contributed by atoms with Crippen LogP contribution in [0.5, 0.6) is 0 Å². The molecule has 0 saturated heterocycles. The molecule has 16 heavy (non-hydrogen) atoms. The zero-order chi connectivity index (χ0) is 12.4. The molecule has 96 valence electrons. The first-order valence-electron chi connectivity index (χ1n) is 5.98. The molecule has 1 atom stereocenters. The van der Waals surface area contributed by atoms with Gasteiger partial charge in [0, 0.05) is 14.2 Å². The van der Waals surface area contributed by atoms with E-state index in [0.717, 1.165) is 12.8 Å². The zero-order valence-corrected chi connectivity index (χ0v) is 13.1. The van der Waals surface area contributed by atoms with Crippen molar-refractivity contribution in [3.05, 3.63) is 12.7 Å². The van der Waals surface area contributed by atoms with Crippen molar-refractivity contribution in [2.45, 2.75) is 45.0 Å². The van der Waals surface area contributed by atoms with Crippen molar-refractivity contribution in [2.24, 2.45) is 5.92 Å². The maximum Gasteiger partial charge on any atom is 0.278 e. The van der Waals surface area contributed by atoms with Gasteiger partial charge in [-0.2, -0.15) is 0 Å². The molecule has 1 unspecified atom stereocenters. The molecule has 4 heteroatoms. The number of hydrogen-bond acceptors (Lipinski definition) is 3. The minimum Gasteiger partial charge on any atom is -0.380 e. The highest BCUT2D eigenvalue weighted by atomic mass is 28.2. The number of rotatable bonds is 10. The second-order valence-corrected chi connectivity index (χ2v) is 4.32. The van der Waals surface area contributed by atoms with Crippen LogP contribution >= 0.6 is 0 Å². The summed E-state index contributed by atoms with van der Waals surface area (Å²) in [6.07, 6.45) is 7.79. The Bertz CT molecular complexity index is 173. The lowest BCUT2D eigenvalue weighted by atomic mass is 9.98. The molecular formula is C12H26O3Si. The first kappa shape index (κ1) is 15.8. The average Bonchev–Trinajstić information content (AvgIpc) is 2.34. The van der Waals surface area contributed by atoms with Gasteiger partial charge in [-0.25, -0.2) is 0 Å². The highest BCUT2D eigenvalue weighted by Gasteiger charge is 2.37. The van der Waals surface area contributed by atoms with Crippen LogP contribution in [-0.4, -0.2) is 30.7 Å². The van der Waals surface area contributed by atoms with Gasteiger partial charge in [0.25, 0.3) is 5.97 Å². The molecule has 0 aliphatic rings. The molecule has 0 aromatic rings. The Morgan fingerprint density at radius 1 is 1.25 bits per heavy atom. The summed E-state index contributed by atoms with van der Waals surface area (Å²) in [5.41, 5.74) is 0. The Morgan fingerprint density at radius 2 is 1.88 bits per heavy atom.